The van der Waals surface area contributed by atoms with Crippen molar-refractivity contribution >= 4 is 11.7 Å². The van der Waals surface area contributed by atoms with Crippen LogP contribution in [-0.4, -0.2) is 34.0 Å². The Bertz CT molecular complexity index is 637. The minimum absolute atomic E-state index is 0.181. The molecule has 0 aliphatic rings. The molecule has 0 saturated carbocycles. The number of hydrogen-bond acceptors (Lipinski definition) is 5. The summed E-state index contributed by atoms with van der Waals surface area (Å²) in [5.74, 6) is 1.13. The first-order valence-corrected chi connectivity index (χ1v) is 7.59. The average molecular weight is 318 g/mol. The Morgan fingerprint density at radius 1 is 1.26 bits per heavy atom. The molecular weight excluding hydrogens is 296 g/mol. The quantitative estimate of drug-likeness (QED) is 0.760. The van der Waals surface area contributed by atoms with Crippen LogP contribution in [0.5, 0.6) is 0 Å². The molecule has 0 aliphatic carbocycles. The van der Waals surface area contributed by atoms with E-state index in [1.54, 1.807) is 31.2 Å². The van der Waals surface area contributed by atoms with Gasteiger partial charge in [-0.25, -0.2) is 4.79 Å². The third-order valence-corrected chi connectivity index (χ3v) is 3.41. The Hall–Kier alpha value is -2.41. The molecule has 1 unspecified atom stereocenters. The van der Waals surface area contributed by atoms with Gasteiger partial charge >= 0.3 is 6.03 Å². The molecule has 1 heterocycles. The standard InChI is InChI=1S/C16H22N4O3/c1-10(2)14(21)8-9-17-16(22)18-13-6-4-12(5-7-13)15-20-19-11(3)23-15/h4-7,10,14,21H,8-9H2,1-3H3,(H2,17,18,22). The number of hydrogen-bond donors (Lipinski definition) is 3. The molecule has 7 heteroatoms. The number of anilines is 1. The highest BCUT2D eigenvalue weighted by Crippen LogP contribution is 2.19. The molecule has 1 atom stereocenters. The maximum atomic E-state index is 11.8. The number of rotatable bonds is 6. The summed E-state index contributed by atoms with van der Waals surface area (Å²) in [5, 5.41) is 22.8. The van der Waals surface area contributed by atoms with Gasteiger partial charge in [0.15, 0.2) is 0 Å². The molecule has 1 aromatic heterocycles. The number of carbonyl (C=O) groups is 1. The lowest BCUT2D eigenvalue weighted by Crippen LogP contribution is -2.32. The fourth-order valence-electron chi connectivity index (χ4n) is 1.95. The van der Waals surface area contributed by atoms with Crippen LogP contribution in [0.2, 0.25) is 0 Å². The van der Waals surface area contributed by atoms with E-state index in [-0.39, 0.29) is 11.9 Å². The molecule has 2 amide bonds. The van der Waals surface area contributed by atoms with Gasteiger partial charge in [0.2, 0.25) is 11.8 Å². The Balaban J connectivity index is 1.82. The average Bonchev–Trinajstić information content (AvgIpc) is 2.94. The van der Waals surface area contributed by atoms with Crippen LogP contribution in [0.15, 0.2) is 28.7 Å². The molecule has 1 aromatic carbocycles. The molecular formula is C16H22N4O3. The molecule has 0 bridgehead atoms. The number of aliphatic hydroxyl groups excluding tert-OH is 1. The van der Waals surface area contributed by atoms with E-state index in [0.717, 1.165) is 5.56 Å². The summed E-state index contributed by atoms with van der Waals surface area (Å²) >= 11 is 0. The van der Waals surface area contributed by atoms with Crippen LogP contribution < -0.4 is 10.6 Å². The highest BCUT2D eigenvalue weighted by Gasteiger charge is 2.10. The van der Waals surface area contributed by atoms with Crippen LogP contribution in [0.25, 0.3) is 11.5 Å². The van der Waals surface area contributed by atoms with Crippen molar-refractivity contribution in [2.24, 2.45) is 5.92 Å². The lowest BCUT2D eigenvalue weighted by Gasteiger charge is -2.14. The van der Waals surface area contributed by atoms with E-state index in [4.69, 9.17) is 4.42 Å². The number of benzene rings is 1. The summed E-state index contributed by atoms with van der Waals surface area (Å²) in [7, 11) is 0. The molecule has 23 heavy (non-hydrogen) atoms. The Morgan fingerprint density at radius 2 is 1.96 bits per heavy atom. The minimum Gasteiger partial charge on any atom is -0.421 e. The van der Waals surface area contributed by atoms with Crippen molar-refractivity contribution in [2.75, 3.05) is 11.9 Å². The van der Waals surface area contributed by atoms with E-state index in [0.29, 0.717) is 30.4 Å². The van der Waals surface area contributed by atoms with Crippen LogP contribution in [0.3, 0.4) is 0 Å². The first-order chi connectivity index (χ1) is 11.0. The molecule has 0 fully saturated rings. The van der Waals surface area contributed by atoms with Gasteiger partial charge in [-0.05, 0) is 36.6 Å². The molecule has 0 spiro atoms. The summed E-state index contributed by atoms with van der Waals surface area (Å²) in [6, 6.07) is 6.81. The molecule has 7 nitrogen and oxygen atoms in total. The molecule has 0 radical (unpaired) electrons. The summed E-state index contributed by atoms with van der Waals surface area (Å²) in [6.07, 6.45) is 0.119. The van der Waals surface area contributed by atoms with Crippen molar-refractivity contribution in [1.82, 2.24) is 15.5 Å². The fraction of sp³-hybridized carbons (Fsp3) is 0.438. The van der Waals surface area contributed by atoms with Gasteiger partial charge in [-0.3, -0.25) is 0 Å². The number of aliphatic hydroxyl groups is 1. The van der Waals surface area contributed by atoms with Gasteiger partial charge in [0.25, 0.3) is 0 Å². The molecule has 124 valence electrons. The number of aromatic nitrogens is 2. The normalized spacial score (nSPS) is 12.2. The molecule has 2 rings (SSSR count). The largest absolute Gasteiger partial charge is 0.421 e. The second-order valence-corrected chi connectivity index (χ2v) is 5.68. The van der Waals surface area contributed by atoms with Gasteiger partial charge in [-0.2, -0.15) is 0 Å². The Kier molecular flexibility index (Phi) is 5.70. The highest BCUT2D eigenvalue weighted by molar-refractivity contribution is 5.89. The van der Waals surface area contributed by atoms with E-state index in [1.807, 2.05) is 13.8 Å². The van der Waals surface area contributed by atoms with Gasteiger partial charge in [-0.1, -0.05) is 13.8 Å². The Morgan fingerprint density at radius 3 is 2.52 bits per heavy atom. The second kappa shape index (κ2) is 7.73. The minimum atomic E-state index is -0.410. The lowest BCUT2D eigenvalue weighted by molar-refractivity contribution is 0.117. The van der Waals surface area contributed by atoms with Crippen molar-refractivity contribution in [2.45, 2.75) is 33.3 Å². The number of nitrogens with one attached hydrogen (secondary N) is 2. The fourth-order valence-corrected chi connectivity index (χ4v) is 1.95. The number of nitrogens with zero attached hydrogens (tertiary/aromatic N) is 2. The smallest absolute Gasteiger partial charge is 0.319 e. The lowest BCUT2D eigenvalue weighted by atomic mass is 10.0. The maximum absolute atomic E-state index is 11.8. The summed E-state index contributed by atoms with van der Waals surface area (Å²) in [5.41, 5.74) is 1.45. The third-order valence-electron chi connectivity index (χ3n) is 3.41. The van der Waals surface area contributed by atoms with Crippen LogP contribution in [0.4, 0.5) is 10.5 Å². The van der Waals surface area contributed by atoms with E-state index < -0.39 is 6.10 Å². The first-order valence-electron chi connectivity index (χ1n) is 7.59. The zero-order valence-electron chi connectivity index (χ0n) is 13.5. The van der Waals surface area contributed by atoms with Crippen molar-refractivity contribution in [3.63, 3.8) is 0 Å². The monoisotopic (exact) mass is 318 g/mol. The predicted molar refractivity (Wildman–Crippen MR) is 87.0 cm³/mol. The van der Waals surface area contributed by atoms with Crippen molar-refractivity contribution in [3.05, 3.63) is 30.2 Å². The van der Waals surface area contributed by atoms with Crippen LogP contribution in [0.1, 0.15) is 26.2 Å². The van der Waals surface area contributed by atoms with Crippen LogP contribution in [0, 0.1) is 12.8 Å². The SMILES string of the molecule is Cc1nnc(-c2ccc(NC(=O)NCCC(O)C(C)C)cc2)o1. The van der Waals surface area contributed by atoms with Crippen LogP contribution >= 0.6 is 0 Å². The van der Waals surface area contributed by atoms with Gasteiger partial charge in [0.05, 0.1) is 6.10 Å². The number of urea groups is 1. The third kappa shape index (κ3) is 5.07. The topological polar surface area (TPSA) is 100 Å². The van der Waals surface area contributed by atoms with Gasteiger partial charge in [0.1, 0.15) is 0 Å². The van der Waals surface area contributed by atoms with Crippen molar-refractivity contribution in [1.29, 1.82) is 0 Å². The van der Waals surface area contributed by atoms with Crippen molar-refractivity contribution < 1.29 is 14.3 Å². The van der Waals surface area contributed by atoms with E-state index in [1.165, 1.54) is 0 Å². The molecule has 3 N–H and O–H groups in total. The summed E-state index contributed by atoms with van der Waals surface area (Å²) in [4.78, 5) is 11.8. The Labute approximate surface area is 135 Å². The summed E-state index contributed by atoms with van der Waals surface area (Å²) in [6.45, 7) is 6.03. The van der Waals surface area contributed by atoms with Gasteiger partial charge < -0.3 is 20.2 Å². The summed E-state index contributed by atoms with van der Waals surface area (Å²) < 4.78 is 5.34. The van der Waals surface area contributed by atoms with Gasteiger partial charge in [0, 0.05) is 24.7 Å². The number of aryl methyl sites for hydroxylation is 1. The molecule has 2 aromatic rings. The molecule has 0 saturated heterocycles. The van der Waals surface area contributed by atoms with Crippen molar-refractivity contribution in [3.8, 4) is 11.5 Å². The first kappa shape index (κ1) is 17.0. The number of amides is 2. The second-order valence-electron chi connectivity index (χ2n) is 5.68. The zero-order chi connectivity index (χ0) is 16.8. The number of carbonyl (C=O) groups excluding carboxylic acids is 1. The van der Waals surface area contributed by atoms with Gasteiger partial charge in [-0.15, -0.1) is 10.2 Å². The van der Waals surface area contributed by atoms with Crippen LogP contribution in [-0.2, 0) is 0 Å². The van der Waals surface area contributed by atoms with E-state index >= 15 is 0 Å². The maximum Gasteiger partial charge on any atom is 0.319 e. The molecule has 0 aliphatic heterocycles. The van der Waals surface area contributed by atoms with E-state index in [9.17, 15) is 9.90 Å². The van der Waals surface area contributed by atoms with E-state index in [2.05, 4.69) is 20.8 Å². The zero-order valence-corrected chi connectivity index (χ0v) is 13.5. The highest BCUT2D eigenvalue weighted by atomic mass is 16.4. The predicted octanol–water partition coefficient (Wildman–Crippen LogP) is 2.57.